The van der Waals surface area contributed by atoms with Gasteiger partial charge in [0.25, 0.3) is 0 Å². The van der Waals surface area contributed by atoms with E-state index in [1.165, 1.54) is 0 Å². The third-order valence-corrected chi connectivity index (χ3v) is 2.63. The number of aromatic nitrogens is 1. The summed E-state index contributed by atoms with van der Waals surface area (Å²) in [5, 5.41) is 5.49. The van der Waals surface area contributed by atoms with E-state index in [4.69, 9.17) is 0 Å². The lowest BCUT2D eigenvalue weighted by molar-refractivity contribution is 0.262. The molecule has 2 aromatic rings. The number of rotatable bonds is 2. The van der Waals surface area contributed by atoms with E-state index in [1.807, 2.05) is 39.0 Å². The van der Waals surface area contributed by atoms with Crippen LogP contribution in [0.5, 0.6) is 0 Å². The molecule has 19 heavy (non-hydrogen) atoms. The van der Waals surface area contributed by atoms with Gasteiger partial charge in [0.15, 0.2) is 0 Å². The van der Waals surface area contributed by atoms with Crippen LogP contribution in [-0.4, -0.2) is 11.0 Å². The van der Waals surface area contributed by atoms with E-state index < -0.39 is 0 Å². The van der Waals surface area contributed by atoms with E-state index >= 15 is 0 Å². The fraction of sp³-hybridized carbons (Fsp3) is 0.200. The highest BCUT2D eigenvalue weighted by Gasteiger charge is 2.04. The van der Waals surface area contributed by atoms with Crippen LogP contribution in [0.25, 0.3) is 0 Å². The van der Waals surface area contributed by atoms with Crippen molar-refractivity contribution < 1.29 is 4.79 Å². The Bertz CT molecular complexity index is 571. The predicted octanol–water partition coefficient (Wildman–Crippen LogP) is 3.65. The van der Waals surface area contributed by atoms with Crippen molar-refractivity contribution in [2.45, 2.75) is 20.8 Å². The number of nitrogens with zero attached hydrogens (tertiary/aromatic N) is 1. The zero-order chi connectivity index (χ0) is 13.8. The molecule has 0 radical (unpaired) electrons. The minimum atomic E-state index is -0.290. The van der Waals surface area contributed by atoms with Gasteiger partial charge in [-0.2, -0.15) is 0 Å². The Balaban J connectivity index is 2.03. The first-order valence-electron chi connectivity index (χ1n) is 6.12. The van der Waals surface area contributed by atoms with Crippen LogP contribution in [0.4, 0.5) is 16.3 Å². The minimum Gasteiger partial charge on any atom is -0.308 e. The largest absolute Gasteiger partial charge is 0.324 e. The van der Waals surface area contributed by atoms with Crippen LogP contribution >= 0.6 is 0 Å². The van der Waals surface area contributed by atoms with E-state index in [9.17, 15) is 4.79 Å². The van der Waals surface area contributed by atoms with Crippen LogP contribution in [-0.2, 0) is 0 Å². The lowest BCUT2D eigenvalue weighted by Crippen LogP contribution is -2.20. The number of hydrogen-bond acceptors (Lipinski definition) is 2. The molecule has 0 aliphatic carbocycles. The van der Waals surface area contributed by atoms with Crippen LogP contribution in [0.2, 0.25) is 0 Å². The highest BCUT2D eigenvalue weighted by atomic mass is 16.2. The van der Waals surface area contributed by atoms with E-state index in [1.54, 1.807) is 12.3 Å². The van der Waals surface area contributed by atoms with E-state index in [2.05, 4.69) is 21.7 Å². The maximum absolute atomic E-state index is 11.8. The monoisotopic (exact) mass is 255 g/mol. The van der Waals surface area contributed by atoms with Gasteiger partial charge in [0.1, 0.15) is 5.82 Å². The van der Waals surface area contributed by atoms with Crippen LogP contribution in [0.15, 0.2) is 36.5 Å². The number of carbonyl (C=O) groups excluding carboxylic acids is 1. The van der Waals surface area contributed by atoms with Crippen molar-refractivity contribution in [2.24, 2.45) is 0 Å². The maximum atomic E-state index is 11.8. The normalized spacial score (nSPS) is 10.1. The van der Waals surface area contributed by atoms with Crippen LogP contribution in [0.1, 0.15) is 16.7 Å². The molecule has 0 fully saturated rings. The number of nitrogens with one attached hydrogen (secondary N) is 2. The lowest BCUT2D eigenvalue weighted by atomic mass is 10.1. The number of anilines is 2. The quantitative estimate of drug-likeness (QED) is 0.860. The summed E-state index contributed by atoms with van der Waals surface area (Å²) in [6.45, 7) is 5.95. The van der Waals surface area contributed by atoms with Crippen molar-refractivity contribution in [1.82, 2.24) is 4.98 Å². The molecule has 0 bridgehead atoms. The maximum Gasteiger partial charge on any atom is 0.324 e. The molecule has 1 aromatic heterocycles. The predicted molar refractivity (Wildman–Crippen MR) is 77.5 cm³/mol. The molecular weight excluding hydrogens is 238 g/mol. The number of hydrogen-bond donors (Lipinski definition) is 2. The Hall–Kier alpha value is -2.36. The molecule has 0 aliphatic heterocycles. The second-order valence-electron chi connectivity index (χ2n) is 4.68. The van der Waals surface area contributed by atoms with Crippen molar-refractivity contribution in [2.75, 3.05) is 10.6 Å². The van der Waals surface area contributed by atoms with Crippen molar-refractivity contribution in [3.8, 4) is 0 Å². The zero-order valence-electron chi connectivity index (χ0n) is 11.3. The van der Waals surface area contributed by atoms with Gasteiger partial charge in [0.05, 0.1) is 0 Å². The molecule has 0 saturated heterocycles. The Kier molecular flexibility index (Phi) is 3.80. The number of carbonyl (C=O) groups is 1. The van der Waals surface area contributed by atoms with E-state index in [0.717, 1.165) is 22.4 Å². The molecule has 0 aliphatic rings. The van der Waals surface area contributed by atoms with E-state index in [0.29, 0.717) is 5.82 Å². The molecule has 1 aromatic carbocycles. The SMILES string of the molecule is Cc1ccc(NC(=O)Nc2cc(C)cc(C)c2)nc1. The topological polar surface area (TPSA) is 54.0 Å². The average Bonchev–Trinajstić information content (AvgIpc) is 2.30. The number of aryl methyl sites for hydroxylation is 3. The van der Waals surface area contributed by atoms with Crippen LogP contribution < -0.4 is 10.6 Å². The van der Waals surface area contributed by atoms with Gasteiger partial charge in [-0.15, -0.1) is 0 Å². The van der Waals surface area contributed by atoms with Crippen LogP contribution in [0.3, 0.4) is 0 Å². The summed E-state index contributed by atoms with van der Waals surface area (Å²) in [6, 6.07) is 9.30. The minimum absolute atomic E-state index is 0.290. The molecular formula is C15H17N3O. The number of pyridine rings is 1. The van der Waals surface area contributed by atoms with Crippen LogP contribution in [0, 0.1) is 20.8 Å². The Morgan fingerprint density at radius 2 is 1.63 bits per heavy atom. The second kappa shape index (κ2) is 5.52. The number of urea groups is 1. The Morgan fingerprint density at radius 3 is 2.21 bits per heavy atom. The molecule has 0 spiro atoms. The molecule has 98 valence electrons. The summed E-state index contributed by atoms with van der Waals surface area (Å²) < 4.78 is 0. The molecule has 4 heteroatoms. The van der Waals surface area contributed by atoms with Gasteiger partial charge < -0.3 is 5.32 Å². The first kappa shape index (κ1) is 13.1. The summed E-state index contributed by atoms with van der Waals surface area (Å²) in [5.41, 5.74) is 4.06. The molecule has 0 saturated carbocycles. The number of benzene rings is 1. The molecule has 0 atom stereocenters. The zero-order valence-corrected chi connectivity index (χ0v) is 11.3. The third kappa shape index (κ3) is 3.81. The molecule has 2 rings (SSSR count). The van der Waals surface area contributed by atoms with Gasteiger partial charge >= 0.3 is 6.03 Å². The molecule has 2 amide bonds. The summed E-state index contributed by atoms with van der Waals surface area (Å²) in [4.78, 5) is 16.0. The highest BCUT2D eigenvalue weighted by Crippen LogP contribution is 2.14. The van der Waals surface area contributed by atoms with E-state index in [-0.39, 0.29) is 6.03 Å². The van der Waals surface area contributed by atoms with Gasteiger partial charge in [-0.25, -0.2) is 9.78 Å². The van der Waals surface area contributed by atoms with Gasteiger partial charge in [0, 0.05) is 11.9 Å². The fourth-order valence-electron chi connectivity index (χ4n) is 1.87. The van der Waals surface area contributed by atoms with Gasteiger partial charge in [-0.3, -0.25) is 5.32 Å². The van der Waals surface area contributed by atoms with Crippen molar-refractivity contribution in [1.29, 1.82) is 0 Å². The Morgan fingerprint density at radius 1 is 0.947 bits per heavy atom. The van der Waals surface area contributed by atoms with Crippen molar-refractivity contribution >= 4 is 17.5 Å². The second-order valence-corrected chi connectivity index (χ2v) is 4.68. The molecule has 1 heterocycles. The smallest absolute Gasteiger partial charge is 0.308 e. The summed E-state index contributed by atoms with van der Waals surface area (Å²) in [7, 11) is 0. The first-order chi connectivity index (χ1) is 9.02. The summed E-state index contributed by atoms with van der Waals surface area (Å²) in [6.07, 6.45) is 1.71. The molecule has 2 N–H and O–H groups in total. The first-order valence-corrected chi connectivity index (χ1v) is 6.12. The van der Waals surface area contributed by atoms with Gasteiger partial charge in [-0.1, -0.05) is 12.1 Å². The van der Waals surface area contributed by atoms with Gasteiger partial charge in [0.2, 0.25) is 0 Å². The number of amides is 2. The summed E-state index contributed by atoms with van der Waals surface area (Å²) >= 11 is 0. The summed E-state index contributed by atoms with van der Waals surface area (Å²) in [5.74, 6) is 0.535. The Labute approximate surface area is 112 Å². The van der Waals surface area contributed by atoms with Gasteiger partial charge in [-0.05, 0) is 55.7 Å². The fourth-order valence-corrected chi connectivity index (χ4v) is 1.87. The lowest BCUT2D eigenvalue weighted by Gasteiger charge is -2.08. The highest BCUT2D eigenvalue weighted by molar-refractivity contribution is 5.99. The van der Waals surface area contributed by atoms with Crippen molar-refractivity contribution in [3.05, 3.63) is 53.2 Å². The molecule has 4 nitrogen and oxygen atoms in total. The average molecular weight is 255 g/mol. The third-order valence-electron chi connectivity index (χ3n) is 2.63. The standard InChI is InChI=1S/C15H17N3O/c1-10-4-5-14(16-9-10)18-15(19)17-13-7-11(2)6-12(3)8-13/h4-9H,1-3H3,(H2,16,17,18,19). The van der Waals surface area contributed by atoms with Crippen molar-refractivity contribution in [3.63, 3.8) is 0 Å². The molecule has 0 unspecified atom stereocenters.